The molecule has 1 unspecified atom stereocenters. The van der Waals surface area contributed by atoms with Gasteiger partial charge in [0, 0.05) is 18.1 Å². The summed E-state index contributed by atoms with van der Waals surface area (Å²) in [6.45, 7) is 4.99. The molecule has 0 saturated heterocycles. The van der Waals surface area contributed by atoms with Gasteiger partial charge in [0.15, 0.2) is 0 Å². The molecule has 1 aromatic rings. The topological polar surface area (TPSA) is 29.5 Å². The fraction of sp³-hybridized carbons (Fsp3) is 0.571. The van der Waals surface area contributed by atoms with Crippen molar-refractivity contribution >= 4 is 0 Å². The maximum absolute atomic E-state index is 9.29. The number of hydrogen-bond acceptors (Lipinski definition) is 2. The van der Waals surface area contributed by atoms with E-state index >= 15 is 0 Å². The zero-order valence-corrected chi connectivity index (χ0v) is 10.1. The molecular formula is C14H20O2. The SMILES string of the molecule is CCOc1cccc(C(C)CO)c1C1CC1. The van der Waals surface area contributed by atoms with Crippen molar-refractivity contribution in [2.75, 3.05) is 13.2 Å². The van der Waals surface area contributed by atoms with Crippen molar-refractivity contribution in [3.63, 3.8) is 0 Å². The molecule has 0 spiro atoms. The lowest BCUT2D eigenvalue weighted by molar-refractivity contribution is 0.271. The lowest BCUT2D eigenvalue weighted by atomic mass is 9.93. The molecule has 1 aromatic carbocycles. The molecule has 0 heterocycles. The first-order valence-corrected chi connectivity index (χ1v) is 6.14. The highest BCUT2D eigenvalue weighted by Crippen LogP contribution is 2.47. The summed E-state index contributed by atoms with van der Waals surface area (Å²) >= 11 is 0. The third-order valence-electron chi connectivity index (χ3n) is 3.19. The van der Waals surface area contributed by atoms with Crippen LogP contribution in [-0.4, -0.2) is 18.3 Å². The van der Waals surface area contributed by atoms with Crippen LogP contribution in [0.5, 0.6) is 5.75 Å². The van der Waals surface area contributed by atoms with E-state index in [4.69, 9.17) is 4.74 Å². The highest BCUT2D eigenvalue weighted by molar-refractivity contribution is 5.46. The Hall–Kier alpha value is -1.02. The van der Waals surface area contributed by atoms with Crippen LogP contribution in [0.15, 0.2) is 18.2 Å². The first-order chi connectivity index (χ1) is 7.77. The second kappa shape index (κ2) is 4.88. The Balaban J connectivity index is 2.38. The molecular weight excluding hydrogens is 200 g/mol. The Morgan fingerprint density at radius 3 is 2.75 bits per heavy atom. The minimum absolute atomic E-state index is 0.204. The monoisotopic (exact) mass is 220 g/mol. The van der Waals surface area contributed by atoms with Crippen LogP contribution < -0.4 is 4.74 Å². The van der Waals surface area contributed by atoms with Crippen LogP contribution in [0.3, 0.4) is 0 Å². The minimum atomic E-state index is 0.204. The van der Waals surface area contributed by atoms with E-state index in [1.807, 2.05) is 19.1 Å². The third kappa shape index (κ3) is 2.22. The van der Waals surface area contributed by atoms with Crippen molar-refractivity contribution in [2.24, 2.45) is 0 Å². The molecule has 88 valence electrons. The Morgan fingerprint density at radius 1 is 1.44 bits per heavy atom. The van der Waals surface area contributed by atoms with Gasteiger partial charge in [-0.15, -0.1) is 0 Å². The van der Waals surface area contributed by atoms with Crippen LogP contribution >= 0.6 is 0 Å². The molecule has 1 atom stereocenters. The number of ether oxygens (including phenoxy) is 1. The summed E-state index contributed by atoms with van der Waals surface area (Å²) in [4.78, 5) is 0. The van der Waals surface area contributed by atoms with Crippen LogP contribution in [-0.2, 0) is 0 Å². The highest BCUT2D eigenvalue weighted by Gasteiger charge is 2.30. The molecule has 1 fully saturated rings. The summed E-state index contributed by atoms with van der Waals surface area (Å²) in [6, 6.07) is 6.19. The number of hydrogen-bond donors (Lipinski definition) is 1. The van der Waals surface area contributed by atoms with E-state index in [9.17, 15) is 5.11 Å². The molecule has 0 amide bonds. The molecule has 2 nitrogen and oxygen atoms in total. The largest absolute Gasteiger partial charge is 0.494 e. The van der Waals surface area contributed by atoms with Crippen LogP contribution in [0.2, 0.25) is 0 Å². The molecule has 1 aliphatic rings. The van der Waals surface area contributed by atoms with Crippen LogP contribution in [0.1, 0.15) is 49.7 Å². The summed E-state index contributed by atoms with van der Waals surface area (Å²) in [5.74, 6) is 1.88. The lowest BCUT2D eigenvalue weighted by Gasteiger charge is -2.18. The van der Waals surface area contributed by atoms with Gasteiger partial charge >= 0.3 is 0 Å². The summed E-state index contributed by atoms with van der Waals surface area (Å²) < 4.78 is 5.69. The maximum Gasteiger partial charge on any atom is 0.123 e. The predicted octanol–water partition coefficient (Wildman–Crippen LogP) is 3.06. The fourth-order valence-electron chi connectivity index (χ4n) is 2.18. The standard InChI is InChI=1S/C14H20O2/c1-3-16-13-6-4-5-12(10(2)9-15)14(13)11-7-8-11/h4-6,10-11,15H,3,7-9H2,1-2H3. The summed E-state index contributed by atoms with van der Waals surface area (Å²) in [5.41, 5.74) is 2.60. The van der Waals surface area contributed by atoms with Gasteiger partial charge in [0.2, 0.25) is 0 Å². The van der Waals surface area contributed by atoms with Gasteiger partial charge in [0.1, 0.15) is 5.75 Å². The van der Waals surface area contributed by atoms with E-state index in [-0.39, 0.29) is 12.5 Å². The van der Waals surface area contributed by atoms with Crippen LogP contribution in [0, 0.1) is 0 Å². The quantitative estimate of drug-likeness (QED) is 0.826. The Labute approximate surface area is 97.3 Å². The van der Waals surface area contributed by atoms with E-state index in [1.165, 1.54) is 24.0 Å². The molecule has 0 radical (unpaired) electrons. The van der Waals surface area contributed by atoms with Crippen molar-refractivity contribution in [1.82, 2.24) is 0 Å². The molecule has 0 bridgehead atoms. The van der Waals surface area contributed by atoms with Gasteiger partial charge in [-0.05, 0) is 37.3 Å². The first-order valence-electron chi connectivity index (χ1n) is 6.14. The van der Waals surface area contributed by atoms with Crippen molar-refractivity contribution in [1.29, 1.82) is 0 Å². The first kappa shape index (κ1) is 11.5. The Bertz CT molecular complexity index is 356. The van der Waals surface area contributed by atoms with Gasteiger partial charge in [0.25, 0.3) is 0 Å². The Morgan fingerprint density at radius 2 is 2.19 bits per heavy atom. The van der Waals surface area contributed by atoms with Crippen LogP contribution in [0.25, 0.3) is 0 Å². The summed E-state index contributed by atoms with van der Waals surface area (Å²) in [5, 5.41) is 9.29. The smallest absolute Gasteiger partial charge is 0.123 e. The molecule has 2 rings (SSSR count). The molecule has 2 heteroatoms. The predicted molar refractivity (Wildman–Crippen MR) is 65.1 cm³/mol. The maximum atomic E-state index is 9.29. The lowest BCUT2D eigenvalue weighted by Crippen LogP contribution is -2.05. The normalized spacial score (nSPS) is 17.2. The van der Waals surface area contributed by atoms with E-state index < -0.39 is 0 Å². The van der Waals surface area contributed by atoms with Gasteiger partial charge in [-0.2, -0.15) is 0 Å². The second-order valence-electron chi connectivity index (χ2n) is 4.55. The van der Waals surface area contributed by atoms with E-state index in [1.54, 1.807) is 0 Å². The molecule has 0 aliphatic heterocycles. The zero-order valence-electron chi connectivity index (χ0n) is 10.1. The van der Waals surface area contributed by atoms with Crippen molar-refractivity contribution in [3.8, 4) is 5.75 Å². The molecule has 16 heavy (non-hydrogen) atoms. The molecule has 0 aromatic heterocycles. The average molecular weight is 220 g/mol. The molecule has 1 aliphatic carbocycles. The number of aliphatic hydroxyl groups excluding tert-OH is 1. The number of benzene rings is 1. The van der Waals surface area contributed by atoms with Gasteiger partial charge < -0.3 is 9.84 Å². The highest BCUT2D eigenvalue weighted by atomic mass is 16.5. The average Bonchev–Trinajstić information content (AvgIpc) is 3.12. The Kier molecular flexibility index (Phi) is 3.49. The van der Waals surface area contributed by atoms with Gasteiger partial charge in [-0.25, -0.2) is 0 Å². The van der Waals surface area contributed by atoms with Gasteiger partial charge in [-0.1, -0.05) is 19.1 Å². The summed E-state index contributed by atoms with van der Waals surface area (Å²) in [6.07, 6.45) is 2.52. The van der Waals surface area contributed by atoms with E-state index in [0.717, 1.165) is 5.75 Å². The van der Waals surface area contributed by atoms with Crippen molar-refractivity contribution in [3.05, 3.63) is 29.3 Å². The fourth-order valence-corrected chi connectivity index (χ4v) is 2.18. The van der Waals surface area contributed by atoms with E-state index in [2.05, 4.69) is 13.0 Å². The van der Waals surface area contributed by atoms with Crippen molar-refractivity contribution in [2.45, 2.75) is 38.5 Å². The van der Waals surface area contributed by atoms with Crippen molar-refractivity contribution < 1.29 is 9.84 Å². The second-order valence-corrected chi connectivity index (χ2v) is 4.55. The minimum Gasteiger partial charge on any atom is -0.494 e. The van der Waals surface area contributed by atoms with Gasteiger partial charge in [0.05, 0.1) is 6.61 Å². The van der Waals surface area contributed by atoms with Crippen LogP contribution in [0.4, 0.5) is 0 Å². The molecule has 1 saturated carbocycles. The zero-order chi connectivity index (χ0) is 11.5. The third-order valence-corrected chi connectivity index (χ3v) is 3.19. The van der Waals surface area contributed by atoms with E-state index in [0.29, 0.717) is 12.5 Å². The summed E-state index contributed by atoms with van der Waals surface area (Å²) in [7, 11) is 0. The molecule has 1 N–H and O–H groups in total. The number of rotatable bonds is 5. The number of aliphatic hydroxyl groups is 1. The van der Waals surface area contributed by atoms with Gasteiger partial charge in [-0.3, -0.25) is 0 Å².